The van der Waals surface area contributed by atoms with Crippen molar-refractivity contribution in [2.45, 2.75) is 44.2 Å². The van der Waals surface area contributed by atoms with E-state index < -0.39 is 12.0 Å². The Morgan fingerprint density at radius 3 is 2.71 bits per heavy atom. The molecule has 1 unspecified atom stereocenters. The lowest BCUT2D eigenvalue weighted by Crippen LogP contribution is -2.40. The molecule has 0 spiro atoms. The number of carbonyl (C=O) groups is 1. The molecule has 1 saturated carbocycles. The van der Waals surface area contributed by atoms with Crippen molar-refractivity contribution in [1.29, 1.82) is 0 Å². The second-order valence-corrected chi connectivity index (χ2v) is 4.82. The van der Waals surface area contributed by atoms with Crippen molar-refractivity contribution < 1.29 is 9.90 Å². The summed E-state index contributed by atoms with van der Waals surface area (Å²) in [5.41, 5.74) is 0.769. The third-order valence-corrected chi connectivity index (χ3v) is 3.71. The minimum Gasteiger partial charge on any atom is -0.480 e. The predicted octanol–water partition coefficient (Wildman–Crippen LogP) is 2.40. The zero-order valence-corrected chi connectivity index (χ0v) is 10.2. The van der Waals surface area contributed by atoms with Crippen molar-refractivity contribution in [3.63, 3.8) is 0 Å². The van der Waals surface area contributed by atoms with Gasteiger partial charge in [-0.3, -0.25) is 9.69 Å². The van der Waals surface area contributed by atoms with Crippen LogP contribution in [-0.4, -0.2) is 34.0 Å². The number of likely N-dealkylation sites (N-methyl/N-ethyl adjacent to an activating group) is 1. The van der Waals surface area contributed by atoms with Gasteiger partial charge in [-0.25, -0.2) is 0 Å². The third kappa shape index (κ3) is 2.69. The van der Waals surface area contributed by atoms with Gasteiger partial charge in [0.2, 0.25) is 0 Å². The average molecular weight is 236 g/mol. The van der Waals surface area contributed by atoms with Gasteiger partial charge in [-0.05, 0) is 32.0 Å². The molecule has 4 heteroatoms. The van der Waals surface area contributed by atoms with Crippen LogP contribution in [0, 0.1) is 0 Å². The van der Waals surface area contributed by atoms with E-state index in [4.69, 9.17) is 0 Å². The maximum absolute atomic E-state index is 11.4. The van der Waals surface area contributed by atoms with Gasteiger partial charge in [-0.15, -0.1) is 0 Å². The number of nitrogens with one attached hydrogen (secondary N) is 1. The van der Waals surface area contributed by atoms with Crippen molar-refractivity contribution in [3.05, 3.63) is 24.0 Å². The number of aromatic amines is 1. The van der Waals surface area contributed by atoms with E-state index in [1.807, 2.05) is 24.1 Å². The highest BCUT2D eigenvalue weighted by Crippen LogP contribution is 2.28. The van der Waals surface area contributed by atoms with Gasteiger partial charge in [0.1, 0.15) is 6.04 Å². The van der Waals surface area contributed by atoms with Crippen LogP contribution in [0.2, 0.25) is 0 Å². The van der Waals surface area contributed by atoms with Crippen LogP contribution in [0.3, 0.4) is 0 Å². The summed E-state index contributed by atoms with van der Waals surface area (Å²) in [6.07, 6.45) is 7.71. The van der Waals surface area contributed by atoms with Crippen LogP contribution < -0.4 is 0 Å². The van der Waals surface area contributed by atoms with Gasteiger partial charge < -0.3 is 10.1 Å². The van der Waals surface area contributed by atoms with Crippen LogP contribution in [0.25, 0.3) is 0 Å². The molecular formula is C13H20N2O2. The summed E-state index contributed by atoms with van der Waals surface area (Å²) in [6.45, 7) is 0. The molecule has 0 bridgehead atoms. The van der Waals surface area contributed by atoms with E-state index in [-0.39, 0.29) is 0 Å². The number of H-pyrrole nitrogens is 1. The minimum atomic E-state index is -0.777. The van der Waals surface area contributed by atoms with Crippen molar-refractivity contribution in [2.75, 3.05) is 7.05 Å². The Hall–Kier alpha value is -1.29. The highest BCUT2D eigenvalue weighted by atomic mass is 16.4. The van der Waals surface area contributed by atoms with Crippen LogP contribution in [0.4, 0.5) is 0 Å². The molecule has 2 N–H and O–H groups in total. The van der Waals surface area contributed by atoms with E-state index in [0.717, 1.165) is 18.5 Å². The third-order valence-electron chi connectivity index (χ3n) is 3.71. The molecule has 1 heterocycles. The number of rotatable bonds is 4. The Morgan fingerprint density at radius 1 is 1.47 bits per heavy atom. The Labute approximate surface area is 102 Å². The SMILES string of the molecule is CN(C1CCCCC1)C(C(=O)O)c1ccc[nH]1. The predicted molar refractivity (Wildman–Crippen MR) is 65.8 cm³/mol. The molecule has 1 aromatic heterocycles. The lowest BCUT2D eigenvalue weighted by Gasteiger charge is -2.34. The molecule has 4 nitrogen and oxygen atoms in total. The molecule has 94 valence electrons. The van der Waals surface area contributed by atoms with Crippen molar-refractivity contribution in [2.24, 2.45) is 0 Å². The summed E-state index contributed by atoms with van der Waals surface area (Å²) < 4.78 is 0. The first kappa shape index (κ1) is 12.2. The lowest BCUT2D eigenvalue weighted by molar-refractivity contribution is -0.144. The molecule has 0 aromatic carbocycles. The molecule has 1 aliphatic carbocycles. The van der Waals surface area contributed by atoms with E-state index in [2.05, 4.69) is 4.98 Å². The number of aliphatic carboxylic acids is 1. The van der Waals surface area contributed by atoms with Crippen LogP contribution in [-0.2, 0) is 4.79 Å². The maximum atomic E-state index is 11.4. The molecule has 0 amide bonds. The van der Waals surface area contributed by atoms with Gasteiger partial charge in [0, 0.05) is 17.9 Å². The van der Waals surface area contributed by atoms with Gasteiger partial charge in [0.15, 0.2) is 0 Å². The fourth-order valence-electron chi connectivity index (χ4n) is 2.74. The fourth-order valence-corrected chi connectivity index (χ4v) is 2.74. The quantitative estimate of drug-likeness (QED) is 0.844. The van der Waals surface area contributed by atoms with Crippen molar-refractivity contribution >= 4 is 5.97 Å². The molecule has 17 heavy (non-hydrogen) atoms. The Morgan fingerprint density at radius 2 is 2.18 bits per heavy atom. The summed E-state index contributed by atoms with van der Waals surface area (Å²) in [5.74, 6) is -0.777. The summed E-state index contributed by atoms with van der Waals surface area (Å²) >= 11 is 0. The first-order valence-electron chi connectivity index (χ1n) is 6.28. The second-order valence-electron chi connectivity index (χ2n) is 4.82. The summed E-state index contributed by atoms with van der Waals surface area (Å²) in [7, 11) is 1.93. The Kier molecular flexibility index (Phi) is 3.84. The van der Waals surface area contributed by atoms with Crippen LogP contribution in [0.15, 0.2) is 18.3 Å². The highest BCUT2D eigenvalue weighted by Gasteiger charge is 2.31. The molecular weight excluding hydrogens is 216 g/mol. The number of hydrogen-bond acceptors (Lipinski definition) is 2. The molecule has 0 aliphatic heterocycles. The monoisotopic (exact) mass is 236 g/mol. The normalized spacial score (nSPS) is 19.4. The maximum Gasteiger partial charge on any atom is 0.327 e. The smallest absolute Gasteiger partial charge is 0.327 e. The Bertz CT molecular complexity index is 356. The van der Waals surface area contributed by atoms with Crippen molar-refractivity contribution in [1.82, 2.24) is 9.88 Å². The zero-order chi connectivity index (χ0) is 12.3. The van der Waals surface area contributed by atoms with Gasteiger partial charge in [0.25, 0.3) is 0 Å². The van der Waals surface area contributed by atoms with E-state index in [1.54, 1.807) is 6.20 Å². The molecule has 1 aliphatic rings. The molecule has 0 saturated heterocycles. The number of aromatic nitrogens is 1. The Balaban J connectivity index is 2.12. The van der Waals surface area contributed by atoms with E-state index in [1.165, 1.54) is 19.3 Å². The molecule has 1 atom stereocenters. The van der Waals surface area contributed by atoms with Gasteiger partial charge in [-0.2, -0.15) is 0 Å². The van der Waals surface area contributed by atoms with Gasteiger partial charge >= 0.3 is 5.97 Å². The average Bonchev–Trinajstić information content (AvgIpc) is 2.83. The summed E-state index contributed by atoms with van der Waals surface area (Å²) in [5, 5.41) is 9.38. The van der Waals surface area contributed by atoms with Gasteiger partial charge in [-0.1, -0.05) is 19.3 Å². The van der Waals surface area contributed by atoms with E-state index >= 15 is 0 Å². The molecule has 2 rings (SSSR count). The highest BCUT2D eigenvalue weighted by molar-refractivity contribution is 5.74. The van der Waals surface area contributed by atoms with Crippen LogP contribution in [0.1, 0.15) is 43.8 Å². The van der Waals surface area contributed by atoms with Gasteiger partial charge in [0.05, 0.1) is 0 Å². The first-order valence-corrected chi connectivity index (χ1v) is 6.28. The number of carboxylic acids is 1. The van der Waals surface area contributed by atoms with Crippen molar-refractivity contribution in [3.8, 4) is 0 Å². The standard InChI is InChI=1S/C13H20N2O2/c1-15(10-6-3-2-4-7-10)12(13(16)17)11-8-5-9-14-11/h5,8-10,12,14H,2-4,6-7H2,1H3,(H,16,17). The van der Waals surface area contributed by atoms with Crippen LogP contribution >= 0.6 is 0 Å². The number of carboxylic acid groups (broad SMARTS) is 1. The summed E-state index contributed by atoms with van der Waals surface area (Å²) in [6, 6.07) is 3.54. The first-order chi connectivity index (χ1) is 8.20. The zero-order valence-electron chi connectivity index (χ0n) is 10.2. The number of hydrogen-bond donors (Lipinski definition) is 2. The van der Waals surface area contributed by atoms with E-state index in [9.17, 15) is 9.90 Å². The van der Waals surface area contributed by atoms with Crippen LogP contribution in [0.5, 0.6) is 0 Å². The number of nitrogens with zero attached hydrogens (tertiary/aromatic N) is 1. The molecule has 0 radical (unpaired) electrons. The van der Waals surface area contributed by atoms with E-state index in [0.29, 0.717) is 6.04 Å². The largest absolute Gasteiger partial charge is 0.480 e. The topological polar surface area (TPSA) is 56.3 Å². The molecule has 1 fully saturated rings. The summed E-state index contributed by atoms with van der Waals surface area (Å²) in [4.78, 5) is 16.4. The lowest BCUT2D eigenvalue weighted by atomic mass is 9.93. The second kappa shape index (κ2) is 5.36. The fraction of sp³-hybridized carbons (Fsp3) is 0.615. The molecule has 1 aromatic rings. The minimum absolute atomic E-state index is 0.396.